The summed E-state index contributed by atoms with van der Waals surface area (Å²) >= 11 is 0. The molecule has 2 rings (SSSR count). The lowest BCUT2D eigenvalue weighted by molar-refractivity contribution is 0.0531. The molecule has 0 spiro atoms. The maximum Gasteiger partial charge on any atom is 0.191 e. The van der Waals surface area contributed by atoms with E-state index in [9.17, 15) is 4.39 Å². The normalized spacial score (nSPS) is 17.3. The molecule has 25 heavy (non-hydrogen) atoms. The van der Waals surface area contributed by atoms with Gasteiger partial charge < -0.3 is 20.1 Å². The van der Waals surface area contributed by atoms with Crippen LogP contribution in [0.1, 0.15) is 32.3 Å². The van der Waals surface area contributed by atoms with Crippen LogP contribution in [0.3, 0.4) is 0 Å². The molecule has 1 aromatic rings. The minimum Gasteiger partial charge on any atom is -0.381 e. The lowest BCUT2D eigenvalue weighted by atomic mass is 9.74. The van der Waals surface area contributed by atoms with Gasteiger partial charge in [0.25, 0.3) is 0 Å². The molecule has 2 N–H and O–H groups in total. The van der Waals surface area contributed by atoms with E-state index in [-0.39, 0.29) is 11.2 Å². The van der Waals surface area contributed by atoms with E-state index >= 15 is 0 Å². The van der Waals surface area contributed by atoms with Gasteiger partial charge in [-0.15, -0.1) is 0 Å². The standard InChI is InChI=1S/C19H30FN3O2/c1-3-21-18(22-11-14-24-4-2)23-15-19(9-12-25-13-10-19)16-5-7-17(20)8-6-16/h5-8H,3-4,9-15H2,1-2H3,(H2,21,22,23). The molecule has 0 amide bonds. The van der Waals surface area contributed by atoms with Gasteiger partial charge in [-0.3, -0.25) is 4.99 Å². The Morgan fingerprint density at radius 3 is 2.56 bits per heavy atom. The van der Waals surface area contributed by atoms with Gasteiger partial charge in [0.05, 0.1) is 13.2 Å². The molecule has 0 saturated carbocycles. The second-order valence-electron chi connectivity index (χ2n) is 6.22. The molecule has 1 heterocycles. The van der Waals surface area contributed by atoms with Crippen LogP contribution >= 0.6 is 0 Å². The lowest BCUT2D eigenvalue weighted by Gasteiger charge is -2.36. The lowest BCUT2D eigenvalue weighted by Crippen LogP contribution is -2.42. The highest BCUT2D eigenvalue weighted by Gasteiger charge is 2.34. The van der Waals surface area contributed by atoms with Crippen molar-refractivity contribution in [3.63, 3.8) is 0 Å². The first-order valence-electron chi connectivity index (χ1n) is 9.14. The molecule has 0 atom stereocenters. The molecular weight excluding hydrogens is 321 g/mol. The number of aliphatic imine (C=N–C) groups is 1. The third kappa shape index (κ3) is 5.97. The first kappa shape index (κ1) is 19.7. The Kier molecular flexibility index (Phi) is 8.15. The number of hydrogen-bond donors (Lipinski definition) is 2. The second kappa shape index (κ2) is 10.4. The van der Waals surface area contributed by atoms with Crippen molar-refractivity contribution in [2.24, 2.45) is 4.99 Å². The summed E-state index contributed by atoms with van der Waals surface area (Å²) in [5.74, 6) is 0.579. The molecule has 1 aliphatic heterocycles. The van der Waals surface area contributed by atoms with Crippen LogP contribution in [0.5, 0.6) is 0 Å². The van der Waals surface area contributed by atoms with Crippen molar-refractivity contribution in [3.8, 4) is 0 Å². The number of nitrogens with one attached hydrogen (secondary N) is 2. The number of nitrogens with zero attached hydrogens (tertiary/aromatic N) is 1. The maximum absolute atomic E-state index is 13.3. The van der Waals surface area contributed by atoms with Crippen LogP contribution in [0.4, 0.5) is 4.39 Å². The fourth-order valence-electron chi connectivity index (χ4n) is 3.06. The molecule has 1 saturated heterocycles. The zero-order valence-corrected chi connectivity index (χ0v) is 15.3. The van der Waals surface area contributed by atoms with Gasteiger partial charge in [0.15, 0.2) is 5.96 Å². The molecule has 0 aliphatic carbocycles. The Morgan fingerprint density at radius 2 is 1.92 bits per heavy atom. The van der Waals surface area contributed by atoms with Crippen molar-refractivity contribution < 1.29 is 13.9 Å². The quantitative estimate of drug-likeness (QED) is 0.429. The van der Waals surface area contributed by atoms with Crippen LogP contribution in [0, 0.1) is 5.82 Å². The number of guanidine groups is 1. The summed E-state index contributed by atoms with van der Waals surface area (Å²) in [4.78, 5) is 4.80. The monoisotopic (exact) mass is 351 g/mol. The summed E-state index contributed by atoms with van der Waals surface area (Å²) in [5.41, 5.74) is 1.03. The SMILES string of the molecule is CCNC(=NCC1(c2ccc(F)cc2)CCOCC1)NCCOCC. The molecule has 0 bridgehead atoms. The van der Waals surface area contributed by atoms with E-state index in [1.807, 2.05) is 26.0 Å². The molecule has 5 nitrogen and oxygen atoms in total. The second-order valence-corrected chi connectivity index (χ2v) is 6.22. The van der Waals surface area contributed by atoms with Crippen LogP contribution < -0.4 is 10.6 Å². The molecular formula is C19H30FN3O2. The molecule has 1 aromatic carbocycles. The Hall–Kier alpha value is -1.66. The van der Waals surface area contributed by atoms with E-state index in [1.165, 1.54) is 12.1 Å². The highest BCUT2D eigenvalue weighted by Crippen LogP contribution is 2.35. The average Bonchev–Trinajstić information content (AvgIpc) is 2.64. The third-order valence-electron chi connectivity index (χ3n) is 4.53. The van der Waals surface area contributed by atoms with Gasteiger partial charge in [0, 0.05) is 38.3 Å². The van der Waals surface area contributed by atoms with Crippen LogP contribution in [-0.2, 0) is 14.9 Å². The fourth-order valence-corrected chi connectivity index (χ4v) is 3.06. The Bertz CT molecular complexity index is 528. The maximum atomic E-state index is 13.3. The van der Waals surface area contributed by atoms with E-state index in [4.69, 9.17) is 14.5 Å². The van der Waals surface area contributed by atoms with E-state index in [2.05, 4.69) is 10.6 Å². The highest BCUT2D eigenvalue weighted by atomic mass is 19.1. The summed E-state index contributed by atoms with van der Waals surface area (Å²) in [6.45, 7) is 8.97. The van der Waals surface area contributed by atoms with Crippen LogP contribution in [0.2, 0.25) is 0 Å². The van der Waals surface area contributed by atoms with E-state index in [0.29, 0.717) is 39.5 Å². The molecule has 6 heteroatoms. The molecule has 140 valence electrons. The van der Waals surface area contributed by atoms with Crippen molar-refractivity contribution in [2.75, 3.05) is 46.1 Å². The fraction of sp³-hybridized carbons (Fsp3) is 0.632. The first-order chi connectivity index (χ1) is 12.2. The smallest absolute Gasteiger partial charge is 0.191 e. The predicted molar refractivity (Wildman–Crippen MR) is 98.6 cm³/mol. The van der Waals surface area contributed by atoms with Crippen molar-refractivity contribution in [2.45, 2.75) is 32.1 Å². The highest BCUT2D eigenvalue weighted by molar-refractivity contribution is 5.79. The molecule has 0 radical (unpaired) electrons. The Labute approximate surface area is 150 Å². The van der Waals surface area contributed by atoms with Gasteiger partial charge in [-0.25, -0.2) is 4.39 Å². The summed E-state index contributed by atoms with van der Waals surface area (Å²) in [5, 5.41) is 6.56. The van der Waals surface area contributed by atoms with Crippen molar-refractivity contribution in [1.29, 1.82) is 0 Å². The molecule has 1 fully saturated rings. The summed E-state index contributed by atoms with van der Waals surface area (Å²) in [6, 6.07) is 6.82. The van der Waals surface area contributed by atoms with E-state index in [1.54, 1.807) is 0 Å². The third-order valence-corrected chi connectivity index (χ3v) is 4.53. The van der Waals surface area contributed by atoms with Crippen molar-refractivity contribution in [3.05, 3.63) is 35.6 Å². The zero-order valence-electron chi connectivity index (χ0n) is 15.3. The minimum absolute atomic E-state index is 0.103. The van der Waals surface area contributed by atoms with Gasteiger partial charge in [0.2, 0.25) is 0 Å². The van der Waals surface area contributed by atoms with Gasteiger partial charge in [-0.2, -0.15) is 0 Å². The summed E-state index contributed by atoms with van der Waals surface area (Å²) in [7, 11) is 0. The molecule has 0 unspecified atom stereocenters. The molecule has 0 aromatic heterocycles. The van der Waals surface area contributed by atoms with Crippen molar-refractivity contribution >= 4 is 5.96 Å². The Balaban J connectivity index is 2.09. The minimum atomic E-state index is -0.208. The van der Waals surface area contributed by atoms with Gasteiger partial charge in [-0.1, -0.05) is 12.1 Å². The van der Waals surface area contributed by atoms with Crippen LogP contribution in [-0.4, -0.2) is 52.0 Å². The van der Waals surface area contributed by atoms with E-state index < -0.39 is 0 Å². The number of benzene rings is 1. The number of hydrogen-bond acceptors (Lipinski definition) is 3. The predicted octanol–water partition coefficient (Wildman–Crippen LogP) is 2.47. The molecule has 1 aliphatic rings. The summed E-state index contributed by atoms with van der Waals surface area (Å²) < 4.78 is 24.2. The van der Waals surface area contributed by atoms with Crippen LogP contribution in [0.15, 0.2) is 29.3 Å². The topological polar surface area (TPSA) is 54.9 Å². The van der Waals surface area contributed by atoms with Gasteiger partial charge in [-0.05, 0) is 44.4 Å². The van der Waals surface area contributed by atoms with Gasteiger partial charge in [0.1, 0.15) is 5.82 Å². The average molecular weight is 351 g/mol. The number of ether oxygens (including phenoxy) is 2. The summed E-state index contributed by atoms with van der Waals surface area (Å²) in [6.07, 6.45) is 1.78. The zero-order chi connectivity index (χ0) is 18.0. The van der Waals surface area contributed by atoms with Gasteiger partial charge >= 0.3 is 0 Å². The largest absolute Gasteiger partial charge is 0.381 e. The number of rotatable bonds is 8. The number of halogens is 1. The van der Waals surface area contributed by atoms with Crippen molar-refractivity contribution in [1.82, 2.24) is 10.6 Å². The van der Waals surface area contributed by atoms with Crippen LogP contribution in [0.25, 0.3) is 0 Å². The van der Waals surface area contributed by atoms with E-state index in [0.717, 1.165) is 30.9 Å². The Morgan fingerprint density at radius 1 is 1.20 bits per heavy atom. The first-order valence-corrected chi connectivity index (χ1v) is 9.14.